The Morgan fingerprint density at radius 1 is 0.833 bits per heavy atom. The van der Waals surface area contributed by atoms with E-state index < -0.39 is 0 Å². The van der Waals surface area contributed by atoms with Crippen LogP contribution in [0.25, 0.3) is 32.7 Å². The summed E-state index contributed by atoms with van der Waals surface area (Å²) in [6.07, 6.45) is 1.82. The predicted octanol–water partition coefficient (Wildman–Crippen LogP) is 2.11. The van der Waals surface area contributed by atoms with Crippen LogP contribution < -0.4 is 28.5 Å². The van der Waals surface area contributed by atoms with Gasteiger partial charge in [-0.2, -0.15) is 4.57 Å². The standard InChI is InChI=1S/C21H17FN.HI/c1-2-23-12-11-17(14-20(23)22)21-18-9-5-3-7-15(18)13-16-8-4-6-10-19(16)21;/h3-14H,2H2,1H3;1H/q+1;/p-1. The Bertz CT molecular complexity index is 973. The Labute approximate surface area is 157 Å². The zero-order valence-electron chi connectivity index (χ0n) is 13.3. The van der Waals surface area contributed by atoms with Gasteiger partial charge in [0.15, 0.2) is 6.20 Å². The number of pyridine rings is 1. The molecule has 0 saturated heterocycles. The van der Waals surface area contributed by atoms with E-state index >= 15 is 0 Å². The number of benzene rings is 3. The molecule has 0 spiro atoms. The Morgan fingerprint density at radius 3 is 1.96 bits per heavy atom. The molecular formula is C21H17FIN. The van der Waals surface area contributed by atoms with E-state index in [0.29, 0.717) is 6.54 Å². The number of halogens is 2. The molecule has 1 aromatic heterocycles. The third-order valence-electron chi connectivity index (χ3n) is 4.38. The molecule has 4 rings (SSSR count). The van der Waals surface area contributed by atoms with Crippen LogP contribution >= 0.6 is 0 Å². The third kappa shape index (κ3) is 2.77. The van der Waals surface area contributed by atoms with Crippen molar-refractivity contribution in [1.82, 2.24) is 0 Å². The Kier molecular flexibility index (Phi) is 4.81. The lowest BCUT2D eigenvalue weighted by Gasteiger charge is -2.11. The van der Waals surface area contributed by atoms with Crippen molar-refractivity contribution in [2.24, 2.45) is 0 Å². The highest BCUT2D eigenvalue weighted by Crippen LogP contribution is 2.36. The van der Waals surface area contributed by atoms with E-state index in [0.717, 1.165) is 21.9 Å². The van der Waals surface area contributed by atoms with Gasteiger partial charge in [0.2, 0.25) is 0 Å². The van der Waals surface area contributed by atoms with Crippen molar-refractivity contribution in [3.63, 3.8) is 0 Å². The van der Waals surface area contributed by atoms with Crippen LogP contribution in [0.3, 0.4) is 0 Å². The zero-order chi connectivity index (χ0) is 15.8. The normalized spacial score (nSPS) is 10.8. The fraction of sp³-hybridized carbons (Fsp3) is 0.0952. The number of hydrogen-bond donors (Lipinski definition) is 0. The van der Waals surface area contributed by atoms with Gasteiger partial charge in [0.1, 0.15) is 6.54 Å². The second-order valence-electron chi connectivity index (χ2n) is 5.72. The summed E-state index contributed by atoms with van der Waals surface area (Å²) in [5, 5.41) is 4.65. The summed E-state index contributed by atoms with van der Waals surface area (Å²) in [7, 11) is 0. The lowest BCUT2D eigenvalue weighted by molar-refractivity contribution is -0.720. The maximum atomic E-state index is 14.3. The van der Waals surface area contributed by atoms with E-state index in [9.17, 15) is 4.39 Å². The number of fused-ring (bicyclic) bond motifs is 2. The minimum absolute atomic E-state index is 0. The average Bonchev–Trinajstić information content (AvgIpc) is 2.59. The van der Waals surface area contributed by atoms with Gasteiger partial charge >= 0.3 is 5.95 Å². The molecule has 0 saturated carbocycles. The van der Waals surface area contributed by atoms with Crippen molar-refractivity contribution in [2.75, 3.05) is 0 Å². The quantitative estimate of drug-likeness (QED) is 0.199. The molecular weight excluding hydrogens is 412 g/mol. The highest BCUT2D eigenvalue weighted by Gasteiger charge is 2.14. The molecule has 24 heavy (non-hydrogen) atoms. The molecule has 3 heteroatoms. The van der Waals surface area contributed by atoms with Crippen LogP contribution in [0.1, 0.15) is 6.92 Å². The second kappa shape index (κ2) is 6.85. The molecule has 120 valence electrons. The lowest BCUT2D eigenvalue weighted by Crippen LogP contribution is -3.00. The van der Waals surface area contributed by atoms with Gasteiger partial charge in [0.05, 0.1) is 6.07 Å². The molecule has 0 aliphatic carbocycles. The largest absolute Gasteiger partial charge is 1.00 e. The Balaban J connectivity index is 0.00000169. The van der Waals surface area contributed by atoms with Gasteiger partial charge in [-0.1, -0.05) is 48.5 Å². The van der Waals surface area contributed by atoms with Crippen LogP contribution in [0, 0.1) is 5.95 Å². The van der Waals surface area contributed by atoms with Gasteiger partial charge in [-0.15, -0.1) is 4.39 Å². The van der Waals surface area contributed by atoms with Crippen molar-refractivity contribution in [2.45, 2.75) is 13.5 Å². The monoisotopic (exact) mass is 429 g/mol. The smallest absolute Gasteiger partial charge is 0.360 e. The summed E-state index contributed by atoms with van der Waals surface area (Å²) in [5.41, 5.74) is 2.01. The van der Waals surface area contributed by atoms with Crippen molar-refractivity contribution in [3.05, 3.63) is 78.9 Å². The van der Waals surface area contributed by atoms with Gasteiger partial charge in [-0.25, -0.2) is 0 Å². The lowest BCUT2D eigenvalue weighted by atomic mass is 9.92. The van der Waals surface area contributed by atoms with Crippen LogP contribution in [-0.4, -0.2) is 0 Å². The molecule has 0 atom stereocenters. The molecule has 0 aliphatic heterocycles. The molecule has 0 aliphatic rings. The SMILES string of the molecule is CC[n+]1ccc(-c2c3ccccc3cc3ccccc23)cc1F.[I-]. The van der Waals surface area contributed by atoms with Gasteiger partial charge in [0.25, 0.3) is 0 Å². The van der Waals surface area contributed by atoms with E-state index in [1.165, 1.54) is 10.8 Å². The minimum atomic E-state index is -0.206. The summed E-state index contributed by atoms with van der Waals surface area (Å²) < 4.78 is 15.9. The molecule has 0 fully saturated rings. The fourth-order valence-electron chi connectivity index (χ4n) is 3.24. The molecule has 1 nitrogen and oxygen atoms in total. The molecule has 0 radical (unpaired) electrons. The molecule has 0 unspecified atom stereocenters. The zero-order valence-corrected chi connectivity index (χ0v) is 15.5. The maximum absolute atomic E-state index is 14.3. The van der Waals surface area contributed by atoms with Crippen molar-refractivity contribution in [1.29, 1.82) is 0 Å². The van der Waals surface area contributed by atoms with E-state index in [2.05, 4.69) is 30.3 Å². The van der Waals surface area contributed by atoms with E-state index in [1.807, 2.05) is 43.5 Å². The Morgan fingerprint density at radius 2 is 1.42 bits per heavy atom. The molecule has 3 aromatic carbocycles. The summed E-state index contributed by atoms with van der Waals surface area (Å²) >= 11 is 0. The van der Waals surface area contributed by atoms with Gasteiger partial charge in [0, 0.05) is 6.07 Å². The van der Waals surface area contributed by atoms with Crippen LogP contribution in [0.4, 0.5) is 4.39 Å². The highest BCUT2D eigenvalue weighted by molar-refractivity contribution is 6.12. The van der Waals surface area contributed by atoms with Gasteiger partial charge < -0.3 is 24.0 Å². The molecule has 1 heterocycles. The summed E-state index contributed by atoms with van der Waals surface area (Å²) in [4.78, 5) is 0. The van der Waals surface area contributed by atoms with Crippen LogP contribution in [0.5, 0.6) is 0 Å². The molecule has 4 aromatic rings. The topological polar surface area (TPSA) is 3.88 Å². The third-order valence-corrected chi connectivity index (χ3v) is 4.38. The van der Waals surface area contributed by atoms with Crippen molar-refractivity contribution in [3.8, 4) is 11.1 Å². The number of nitrogens with zero attached hydrogens (tertiary/aromatic N) is 1. The molecule has 0 amide bonds. The first-order chi connectivity index (χ1) is 11.3. The fourth-order valence-corrected chi connectivity index (χ4v) is 3.24. The number of rotatable bonds is 2. The van der Waals surface area contributed by atoms with E-state index in [-0.39, 0.29) is 29.9 Å². The number of hydrogen-bond acceptors (Lipinski definition) is 0. The Hall–Kier alpha value is -2.01. The first-order valence-electron chi connectivity index (χ1n) is 7.88. The van der Waals surface area contributed by atoms with Crippen molar-refractivity contribution >= 4 is 21.5 Å². The van der Waals surface area contributed by atoms with Gasteiger partial charge in [-0.3, -0.25) is 0 Å². The predicted molar refractivity (Wildman–Crippen MR) is 92.7 cm³/mol. The second-order valence-corrected chi connectivity index (χ2v) is 5.72. The first kappa shape index (κ1) is 16.8. The van der Waals surface area contributed by atoms with Crippen LogP contribution in [0.15, 0.2) is 72.9 Å². The summed E-state index contributed by atoms with van der Waals surface area (Å²) in [5.74, 6) is -0.206. The highest BCUT2D eigenvalue weighted by atomic mass is 127. The van der Waals surface area contributed by atoms with Crippen LogP contribution in [0.2, 0.25) is 0 Å². The number of aryl methyl sites for hydroxylation is 1. The molecule has 0 N–H and O–H groups in total. The average molecular weight is 429 g/mol. The minimum Gasteiger partial charge on any atom is -1.00 e. The first-order valence-corrected chi connectivity index (χ1v) is 7.88. The summed E-state index contributed by atoms with van der Waals surface area (Å²) in [6.45, 7) is 2.57. The van der Waals surface area contributed by atoms with Crippen molar-refractivity contribution < 1.29 is 32.9 Å². The van der Waals surface area contributed by atoms with Gasteiger partial charge in [-0.05, 0) is 45.7 Å². The van der Waals surface area contributed by atoms with E-state index in [1.54, 1.807) is 10.6 Å². The van der Waals surface area contributed by atoms with E-state index in [4.69, 9.17) is 0 Å². The maximum Gasteiger partial charge on any atom is 0.360 e. The molecule has 0 bridgehead atoms. The summed E-state index contributed by atoms with van der Waals surface area (Å²) in [6, 6.07) is 22.4. The van der Waals surface area contributed by atoms with Crippen LogP contribution in [-0.2, 0) is 6.54 Å². The number of aromatic nitrogens is 1.